The summed E-state index contributed by atoms with van der Waals surface area (Å²) in [6.07, 6.45) is 0.699. The van der Waals surface area contributed by atoms with Gasteiger partial charge >= 0.3 is 0 Å². The van der Waals surface area contributed by atoms with Crippen LogP contribution in [0.25, 0.3) is 0 Å². The summed E-state index contributed by atoms with van der Waals surface area (Å²) in [6.45, 7) is 9.92. The van der Waals surface area contributed by atoms with Crippen LogP contribution < -0.4 is 4.72 Å². The molecule has 6 heteroatoms. The average molecular weight is 338 g/mol. The quantitative estimate of drug-likeness (QED) is 0.879. The molecule has 20 heavy (non-hydrogen) atoms. The van der Waals surface area contributed by atoms with Gasteiger partial charge in [-0.15, -0.1) is 0 Å². The number of rotatable bonds is 4. The maximum absolute atomic E-state index is 12.4. The van der Waals surface area contributed by atoms with Crippen LogP contribution in [0.5, 0.6) is 0 Å². The Morgan fingerprint density at radius 2 is 1.65 bits per heavy atom. The van der Waals surface area contributed by atoms with Crippen LogP contribution in [-0.4, -0.2) is 14.0 Å². The summed E-state index contributed by atoms with van der Waals surface area (Å²) in [5.41, 5.74) is -0.560. The van der Waals surface area contributed by atoms with Crippen molar-refractivity contribution in [2.75, 3.05) is 0 Å². The van der Waals surface area contributed by atoms with Gasteiger partial charge in [-0.25, -0.2) is 13.1 Å². The highest BCUT2D eigenvalue weighted by molar-refractivity contribution is 7.89. The van der Waals surface area contributed by atoms with Gasteiger partial charge in [-0.05, 0) is 43.9 Å². The van der Waals surface area contributed by atoms with Crippen molar-refractivity contribution in [3.05, 3.63) is 28.2 Å². The van der Waals surface area contributed by atoms with E-state index in [1.165, 1.54) is 18.2 Å². The smallest absolute Gasteiger partial charge is 0.207 e. The Morgan fingerprint density at radius 3 is 2.10 bits per heavy atom. The Balaban J connectivity index is 3.06. The Morgan fingerprint density at radius 1 is 1.10 bits per heavy atom. The fraction of sp³-hybridized carbons (Fsp3) is 0.571. The molecule has 114 valence electrons. The van der Waals surface area contributed by atoms with Gasteiger partial charge in [0.05, 0.1) is 5.02 Å². The lowest BCUT2D eigenvalue weighted by Crippen LogP contribution is -2.45. The predicted molar refractivity (Wildman–Crippen MR) is 84.9 cm³/mol. The van der Waals surface area contributed by atoms with Gasteiger partial charge in [0.2, 0.25) is 10.0 Å². The van der Waals surface area contributed by atoms with E-state index in [2.05, 4.69) is 25.5 Å². The average Bonchev–Trinajstić information content (AvgIpc) is 2.09. The number of nitrogens with one attached hydrogen (secondary N) is 1. The molecule has 1 N–H and O–H groups in total. The summed E-state index contributed by atoms with van der Waals surface area (Å²) in [7, 11) is -3.68. The highest BCUT2D eigenvalue weighted by Gasteiger charge is 2.31. The van der Waals surface area contributed by atoms with Crippen molar-refractivity contribution in [2.45, 2.75) is 51.5 Å². The minimum Gasteiger partial charge on any atom is -0.207 e. The van der Waals surface area contributed by atoms with Crippen LogP contribution in [0.4, 0.5) is 0 Å². The SMILES string of the molecule is CC(C)(C)CC(C)(C)NS(=O)(=O)c1ccc(Cl)cc1Cl. The van der Waals surface area contributed by atoms with E-state index in [0.29, 0.717) is 11.4 Å². The van der Waals surface area contributed by atoms with Gasteiger partial charge in [0.1, 0.15) is 4.90 Å². The Hall–Kier alpha value is -0.290. The van der Waals surface area contributed by atoms with Crippen molar-refractivity contribution in [2.24, 2.45) is 5.41 Å². The van der Waals surface area contributed by atoms with Crippen LogP contribution >= 0.6 is 23.2 Å². The van der Waals surface area contributed by atoms with Crippen LogP contribution in [0.3, 0.4) is 0 Å². The third kappa shape index (κ3) is 5.24. The van der Waals surface area contributed by atoms with E-state index in [1.807, 2.05) is 13.8 Å². The first-order valence-corrected chi connectivity index (χ1v) is 8.55. The molecule has 0 heterocycles. The zero-order chi connectivity index (χ0) is 15.8. The molecule has 0 spiro atoms. The van der Waals surface area contributed by atoms with E-state index in [1.54, 1.807) is 0 Å². The molecule has 1 aromatic rings. The zero-order valence-electron chi connectivity index (χ0n) is 12.4. The van der Waals surface area contributed by atoms with E-state index >= 15 is 0 Å². The molecule has 0 aliphatic rings. The molecule has 0 radical (unpaired) electrons. The molecular formula is C14H21Cl2NO2S. The first-order valence-electron chi connectivity index (χ1n) is 6.31. The molecule has 0 bridgehead atoms. The van der Waals surface area contributed by atoms with Gasteiger partial charge in [0.15, 0.2) is 0 Å². The van der Waals surface area contributed by atoms with Gasteiger partial charge in [0, 0.05) is 10.6 Å². The van der Waals surface area contributed by atoms with Crippen LogP contribution in [0.15, 0.2) is 23.1 Å². The number of benzene rings is 1. The maximum atomic E-state index is 12.4. The molecule has 0 atom stereocenters. The van der Waals surface area contributed by atoms with Gasteiger partial charge in [0.25, 0.3) is 0 Å². The molecule has 0 fully saturated rings. The van der Waals surface area contributed by atoms with Crippen LogP contribution in [0, 0.1) is 5.41 Å². The topological polar surface area (TPSA) is 46.2 Å². The Kier molecular flexibility index (Phi) is 5.18. The van der Waals surface area contributed by atoms with Gasteiger partial charge in [-0.3, -0.25) is 0 Å². The number of sulfonamides is 1. The summed E-state index contributed by atoms with van der Waals surface area (Å²) in [6, 6.07) is 4.35. The summed E-state index contributed by atoms with van der Waals surface area (Å²) >= 11 is 11.8. The van der Waals surface area contributed by atoms with Crippen molar-refractivity contribution < 1.29 is 8.42 Å². The second kappa shape index (κ2) is 5.84. The second-order valence-electron chi connectivity index (χ2n) is 6.80. The van der Waals surface area contributed by atoms with Crippen LogP contribution in [-0.2, 0) is 10.0 Å². The second-order valence-corrected chi connectivity index (χ2v) is 9.30. The largest absolute Gasteiger partial charge is 0.242 e. The van der Waals surface area contributed by atoms with Crippen molar-refractivity contribution in [3.63, 3.8) is 0 Å². The first-order chi connectivity index (χ1) is 8.82. The molecule has 0 aliphatic carbocycles. The number of hydrogen-bond donors (Lipinski definition) is 1. The number of halogens is 2. The molecular weight excluding hydrogens is 317 g/mol. The molecule has 0 aliphatic heterocycles. The Bertz CT molecular complexity index is 590. The summed E-state index contributed by atoms with van der Waals surface area (Å²) in [5.74, 6) is 0. The maximum Gasteiger partial charge on any atom is 0.242 e. The monoisotopic (exact) mass is 337 g/mol. The van der Waals surface area contributed by atoms with Gasteiger partial charge < -0.3 is 0 Å². The highest BCUT2D eigenvalue weighted by atomic mass is 35.5. The van der Waals surface area contributed by atoms with Gasteiger partial charge in [-0.2, -0.15) is 0 Å². The summed E-state index contributed by atoms with van der Waals surface area (Å²) < 4.78 is 27.6. The molecule has 0 aromatic heterocycles. The minimum atomic E-state index is -3.68. The lowest BCUT2D eigenvalue weighted by Gasteiger charge is -2.33. The normalized spacial score (nSPS) is 13.6. The fourth-order valence-electron chi connectivity index (χ4n) is 2.47. The molecule has 0 saturated heterocycles. The summed E-state index contributed by atoms with van der Waals surface area (Å²) in [4.78, 5) is 0.0468. The van der Waals surface area contributed by atoms with E-state index in [4.69, 9.17) is 23.2 Å². The summed E-state index contributed by atoms with van der Waals surface area (Å²) in [5, 5.41) is 0.527. The predicted octanol–water partition coefficient (Wildman–Crippen LogP) is 4.49. The van der Waals surface area contributed by atoms with Crippen LogP contribution in [0.1, 0.15) is 41.0 Å². The van der Waals surface area contributed by atoms with E-state index in [-0.39, 0.29) is 15.3 Å². The molecule has 0 saturated carbocycles. The van der Waals surface area contributed by atoms with E-state index in [0.717, 1.165) is 0 Å². The first kappa shape index (κ1) is 17.8. The van der Waals surface area contributed by atoms with Crippen LogP contribution in [0.2, 0.25) is 10.0 Å². The highest BCUT2D eigenvalue weighted by Crippen LogP contribution is 2.30. The fourth-order valence-corrected chi connectivity index (χ4v) is 4.66. The number of hydrogen-bond acceptors (Lipinski definition) is 2. The van der Waals surface area contributed by atoms with Crippen molar-refractivity contribution >= 4 is 33.2 Å². The van der Waals surface area contributed by atoms with E-state index < -0.39 is 15.6 Å². The molecule has 1 aromatic carbocycles. The van der Waals surface area contributed by atoms with Crippen molar-refractivity contribution in [3.8, 4) is 0 Å². The van der Waals surface area contributed by atoms with E-state index in [9.17, 15) is 8.42 Å². The molecule has 3 nitrogen and oxygen atoms in total. The van der Waals surface area contributed by atoms with Crippen molar-refractivity contribution in [1.29, 1.82) is 0 Å². The standard InChI is InChI=1S/C14H21Cl2NO2S/c1-13(2,3)9-14(4,5)17-20(18,19)12-7-6-10(15)8-11(12)16/h6-8,17H,9H2,1-5H3. The molecule has 1 rings (SSSR count). The van der Waals surface area contributed by atoms with Crippen molar-refractivity contribution in [1.82, 2.24) is 4.72 Å². The lowest BCUT2D eigenvalue weighted by atomic mass is 9.82. The minimum absolute atomic E-state index is 0.00973. The third-order valence-electron chi connectivity index (χ3n) is 2.57. The molecule has 0 unspecified atom stereocenters. The third-order valence-corrected chi connectivity index (χ3v) is 4.98. The van der Waals surface area contributed by atoms with Gasteiger partial charge in [-0.1, -0.05) is 44.0 Å². The Labute approximate surface area is 131 Å². The lowest BCUT2D eigenvalue weighted by molar-refractivity contribution is 0.269. The molecule has 0 amide bonds. The zero-order valence-corrected chi connectivity index (χ0v) is 14.7.